The van der Waals surface area contributed by atoms with E-state index in [1.165, 1.54) is 41.5 Å². The number of aryl methyl sites for hydroxylation is 2. The van der Waals surface area contributed by atoms with Crippen LogP contribution in [0.15, 0.2) is 30.3 Å². The third-order valence-corrected chi connectivity index (χ3v) is 4.28. The lowest BCUT2D eigenvalue weighted by atomic mass is 9.99. The molecule has 3 heteroatoms. The highest BCUT2D eigenvalue weighted by atomic mass is 14.8. The van der Waals surface area contributed by atoms with Crippen LogP contribution in [-0.4, -0.2) is 12.0 Å². The maximum absolute atomic E-state index is 6.10. The quantitative estimate of drug-likeness (QED) is 0.724. The van der Waals surface area contributed by atoms with Gasteiger partial charge in [0.15, 0.2) is 0 Å². The molecule has 0 aliphatic carbocycles. The van der Waals surface area contributed by atoms with Crippen molar-refractivity contribution in [2.75, 3.05) is 12.8 Å². The number of nitrogens with one attached hydrogen (secondary N) is 1. The average Bonchev–Trinajstić information content (AvgIpc) is 2.54. The largest absolute Gasteiger partial charge is 0.383 e. The molecular weight excluding hydrogens is 282 g/mol. The highest BCUT2D eigenvalue weighted by Gasteiger charge is 2.08. The molecule has 0 saturated heterocycles. The molecule has 1 aromatic heterocycles. The predicted octanol–water partition coefficient (Wildman–Crippen LogP) is 4.02. The van der Waals surface area contributed by atoms with E-state index in [0.29, 0.717) is 5.82 Å². The Hall–Kier alpha value is -1.87. The number of unbranched alkanes of at least 4 members (excludes halogenated alkanes) is 2. The van der Waals surface area contributed by atoms with Crippen molar-refractivity contribution in [1.82, 2.24) is 10.3 Å². The Morgan fingerprint density at radius 2 is 1.74 bits per heavy atom. The highest BCUT2D eigenvalue weighted by Crippen LogP contribution is 2.20. The van der Waals surface area contributed by atoms with Crippen LogP contribution in [0.1, 0.15) is 54.1 Å². The van der Waals surface area contributed by atoms with Crippen molar-refractivity contribution in [3.8, 4) is 0 Å². The Balaban J connectivity index is 2.13. The number of nitrogen functional groups attached to an aromatic ring is 1. The number of aromatic nitrogens is 1. The van der Waals surface area contributed by atoms with Gasteiger partial charge in [0.25, 0.3) is 0 Å². The first-order valence-corrected chi connectivity index (χ1v) is 8.61. The van der Waals surface area contributed by atoms with Crippen LogP contribution in [0, 0.1) is 6.92 Å². The lowest BCUT2D eigenvalue weighted by molar-refractivity contribution is 0.716. The maximum atomic E-state index is 6.10. The number of pyridine rings is 1. The SMILES string of the molecule is CCCCCc1cc(Cc2ccc(CNC)cc2)c(C)nc1N. The first kappa shape index (κ1) is 17.5. The summed E-state index contributed by atoms with van der Waals surface area (Å²) in [6.07, 6.45) is 5.60. The first-order valence-electron chi connectivity index (χ1n) is 8.61. The minimum absolute atomic E-state index is 0.701. The Morgan fingerprint density at radius 3 is 2.39 bits per heavy atom. The van der Waals surface area contributed by atoms with Gasteiger partial charge in [0.1, 0.15) is 5.82 Å². The third kappa shape index (κ3) is 5.07. The first-order chi connectivity index (χ1) is 11.1. The lowest BCUT2D eigenvalue weighted by Crippen LogP contribution is -2.05. The summed E-state index contributed by atoms with van der Waals surface area (Å²) in [7, 11) is 1.97. The molecule has 0 atom stereocenters. The predicted molar refractivity (Wildman–Crippen MR) is 98.6 cm³/mol. The van der Waals surface area contributed by atoms with Gasteiger partial charge in [-0.2, -0.15) is 0 Å². The normalized spacial score (nSPS) is 10.9. The summed E-state index contributed by atoms with van der Waals surface area (Å²) >= 11 is 0. The van der Waals surface area contributed by atoms with Crippen LogP contribution >= 0.6 is 0 Å². The van der Waals surface area contributed by atoms with Crippen LogP contribution in [0.2, 0.25) is 0 Å². The smallest absolute Gasteiger partial charge is 0.126 e. The van der Waals surface area contributed by atoms with E-state index in [0.717, 1.165) is 25.1 Å². The summed E-state index contributed by atoms with van der Waals surface area (Å²) in [5.74, 6) is 0.701. The van der Waals surface area contributed by atoms with E-state index < -0.39 is 0 Å². The van der Waals surface area contributed by atoms with E-state index in [4.69, 9.17) is 5.73 Å². The number of rotatable bonds is 8. The fraction of sp³-hybridized carbons (Fsp3) is 0.450. The van der Waals surface area contributed by atoms with Crippen LogP contribution < -0.4 is 11.1 Å². The molecule has 0 aliphatic heterocycles. The molecule has 0 spiro atoms. The van der Waals surface area contributed by atoms with Crippen molar-refractivity contribution in [3.05, 3.63) is 58.3 Å². The van der Waals surface area contributed by atoms with E-state index in [2.05, 4.69) is 54.5 Å². The van der Waals surface area contributed by atoms with E-state index in [-0.39, 0.29) is 0 Å². The van der Waals surface area contributed by atoms with Gasteiger partial charge in [-0.15, -0.1) is 0 Å². The number of hydrogen-bond donors (Lipinski definition) is 2. The van der Waals surface area contributed by atoms with Crippen LogP contribution in [0.3, 0.4) is 0 Å². The van der Waals surface area contributed by atoms with Crippen molar-refractivity contribution < 1.29 is 0 Å². The van der Waals surface area contributed by atoms with Gasteiger partial charge in [-0.25, -0.2) is 4.98 Å². The Labute approximate surface area is 140 Å². The zero-order valence-corrected chi connectivity index (χ0v) is 14.7. The second kappa shape index (κ2) is 8.68. The van der Waals surface area contributed by atoms with Crippen molar-refractivity contribution in [1.29, 1.82) is 0 Å². The average molecular weight is 311 g/mol. The molecule has 2 aromatic rings. The molecule has 0 bridgehead atoms. The second-order valence-corrected chi connectivity index (χ2v) is 6.26. The summed E-state index contributed by atoms with van der Waals surface area (Å²) in [5.41, 5.74) is 12.3. The molecular formula is C20H29N3. The van der Waals surface area contributed by atoms with E-state index >= 15 is 0 Å². The van der Waals surface area contributed by atoms with Crippen LogP contribution in [0.5, 0.6) is 0 Å². The maximum Gasteiger partial charge on any atom is 0.126 e. The topological polar surface area (TPSA) is 50.9 Å². The van der Waals surface area contributed by atoms with Crippen LogP contribution in [-0.2, 0) is 19.4 Å². The Morgan fingerprint density at radius 1 is 1.04 bits per heavy atom. The van der Waals surface area contributed by atoms with Gasteiger partial charge in [0.05, 0.1) is 0 Å². The van der Waals surface area contributed by atoms with E-state index in [9.17, 15) is 0 Å². The molecule has 0 fully saturated rings. The minimum atomic E-state index is 0.701. The van der Waals surface area contributed by atoms with Gasteiger partial charge in [-0.3, -0.25) is 0 Å². The molecule has 124 valence electrons. The molecule has 0 amide bonds. The zero-order chi connectivity index (χ0) is 16.7. The molecule has 3 N–H and O–H groups in total. The van der Waals surface area contributed by atoms with E-state index in [1.54, 1.807) is 0 Å². The van der Waals surface area contributed by atoms with Crippen molar-refractivity contribution in [2.24, 2.45) is 0 Å². The zero-order valence-electron chi connectivity index (χ0n) is 14.7. The van der Waals surface area contributed by atoms with Crippen molar-refractivity contribution in [3.63, 3.8) is 0 Å². The van der Waals surface area contributed by atoms with Gasteiger partial charge in [0.2, 0.25) is 0 Å². The summed E-state index contributed by atoms with van der Waals surface area (Å²) in [4.78, 5) is 4.56. The number of anilines is 1. The molecule has 1 aromatic carbocycles. The Kier molecular flexibility index (Phi) is 6.60. The van der Waals surface area contributed by atoms with Gasteiger partial charge in [0, 0.05) is 12.2 Å². The minimum Gasteiger partial charge on any atom is -0.383 e. The summed E-state index contributed by atoms with van der Waals surface area (Å²) in [6.45, 7) is 5.18. The van der Waals surface area contributed by atoms with Gasteiger partial charge >= 0.3 is 0 Å². The second-order valence-electron chi connectivity index (χ2n) is 6.26. The van der Waals surface area contributed by atoms with Crippen molar-refractivity contribution in [2.45, 2.75) is 52.5 Å². The van der Waals surface area contributed by atoms with Crippen LogP contribution in [0.4, 0.5) is 5.82 Å². The number of hydrogen-bond acceptors (Lipinski definition) is 3. The molecule has 0 unspecified atom stereocenters. The van der Waals surface area contributed by atoms with Crippen molar-refractivity contribution >= 4 is 5.82 Å². The summed E-state index contributed by atoms with van der Waals surface area (Å²) in [6, 6.07) is 11.1. The van der Waals surface area contributed by atoms with Gasteiger partial charge in [-0.1, -0.05) is 50.1 Å². The van der Waals surface area contributed by atoms with E-state index in [1.807, 2.05) is 7.05 Å². The molecule has 1 heterocycles. The molecule has 0 aliphatic rings. The molecule has 0 radical (unpaired) electrons. The monoisotopic (exact) mass is 311 g/mol. The molecule has 23 heavy (non-hydrogen) atoms. The summed E-state index contributed by atoms with van der Waals surface area (Å²) in [5, 5.41) is 3.18. The molecule has 2 rings (SSSR count). The van der Waals surface area contributed by atoms with Crippen LogP contribution in [0.25, 0.3) is 0 Å². The highest BCUT2D eigenvalue weighted by molar-refractivity contribution is 5.45. The number of benzene rings is 1. The van der Waals surface area contributed by atoms with Gasteiger partial charge in [-0.05, 0) is 55.5 Å². The lowest BCUT2D eigenvalue weighted by Gasteiger charge is -2.12. The third-order valence-electron chi connectivity index (χ3n) is 4.28. The van der Waals surface area contributed by atoms with Gasteiger partial charge < -0.3 is 11.1 Å². The number of nitrogens with zero attached hydrogens (tertiary/aromatic N) is 1. The molecule has 0 saturated carbocycles. The molecule has 3 nitrogen and oxygen atoms in total. The fourth-order valence-corrected chi connectivity index (χ4v) is 2.86. The standard InChI is InChI=1S/C20H29N3/c1-4-5-6-7-18-13-19(15(2)23-20(18)21)12-16-8-10-17(11-9-16)14-22-3/h8-11,13,22H,4-7,12,14H2,1-3H3,(H2,21,23). The fourth-order valence-electron chi connectivity index (χ4n) is 2.86. The Bertz CT molecular complexity index is 618. The summed E-state index contributed by atoms with van der Waals surface area (Å²) < 4.78 is 0. The number of nitrogens with two attached hydrogens (primary N) is 1.